The van der Waals surface area contributed by atoms with Gasteiger partial charge in [-0.1, -0.05) is 0 Å². The molecule has 0 aromatic rings. The van der Waals surface area contributed by atoms with E-state index in [1.165, 1.54) is 0 Å². The van der Waals surface area contributed by atoms with Crippen LogP contribution in [0.5, 0.6) is 0 Å². The molecule has 0 bridgehead atoms. The molecule has 0 saturated heterocycles. The molecule has 0 aliphatic rings. The summed E-state index contributed by atoms with van der Waals surface area (Å²) in [6, 6.07) is 0. The Balaban J connectivity index is -0.0000000200. The van der Waals surface area contributed by atoms with Gasteiger partial charge >= 0.3 is 0 Å². The molecule has 0 aromatic carbocycles. The van der Waals surface area contributed by atoms with Crippen LogP contribution in [0.2, 0.25) is 0 Å². The summed E-state index contributed by atoms with van der Waals surface area (Å²) >= 11 is 0. The topological polar surface area (TPSA) is 597 Å². The van der Waals surface area contributed by atoms with Gasteiger partial charge in [-0.2, -0.15) is 0 Å². The minimum Gasteiger partial charge on any atom is -0.481 e. The second kappa shape index (κ2) is 125. The molecule has 0 saturated carbocycles. The van der Waals surface area contributed by atoms with Crippen LogP contribution in [0.4, 0.5) is 0 Å². The molecule has 0 unspecified atom stereocenters. The first-order valence-corrected chi connectivity index (χ1v) is 14.8. The van der Waals surface area contributed by atoms with Crippen LogP contribution in [0.3, 0.4) is 0 Å². The first kappa shape index (κ1) is 131. The van der Waals surface area contributed by atoms with E-state index in [4.69, 9.17) is 158 Å². The number of hydrogen-bond acceptors (Lipinski definition) is 16. The number of carboxylic acids is 16. The number of hydrogen-bond donors (Lipinski definition) is 16. The third-order valence-corrected chi connectivity index (χ3v) is 0. The summed E-state index contributed by atoms with van der Waals surface area (Å²) in [5.74, 6) is -13.3. The Labute approximate surface area is 465 Å². The number of aliphatic carboxylic acids is 16. The van der Waals surface area contributed by atoms with Gasteiger partial charge in [0, 0.05) is 216 Å². The number of carboxylic acid groups (broad SMARTS) is 16. The van der Waals surface area contributed by atoms with Crippen molar-refractivity contribution >= 4 is 95.5 Å². The molecule has 0 radical (unpaired) electrons. The minimum absolute atomic E-state index is 0. The standard InChI is InChI=1S/16C2H4O2.4Zr/c16*1-2(3)4;;;;/h16*1H3,(H,3,4);;;;. The zero-order valence-corrected chi connectivity index (χ0v) is 49.5. The van der Waals surface area contributed by atoms with Crippen molar-refractivity contribution in [1.82, 2.24) is 0 Å². The second-order valence-corrected chi connectivity index (χ2v) is 8.30. The molecule has 0 atom stereocenters. The van der Waals surface area contributed by atoms with Gasteiger partial charge in [-0.15, -0.1) is 0 Å². The Morgan fingerprint density at radius 3 is 0.132 bits per heavy atom. The molecule has 36 heteroatoms. The summed E-state index contributed by atoms with van der Waals surface area (Å²) in [6.45, 7) is 17.3. The van der Waals surface area contributed by atoms with Crippen LogP contribution >= 0.6 is 0 Å². The van der Waals surface area contributed by atoms with Crippen molar-refractivity contribution in [2.75, 3.05) is 0 Å². The number of carbonyl (C=O) groups is 16. The van der Waals surface area contributed by atoms with Crippen LogP contribution in [-0.4, -0.2) is 177 Å². The quantitative estimate of drug-likeness (QED) is 0.163. The van der Waals surface area contributed by atoms with Gasteiger partial charge in [0.1, 0.15) is 0 Å². The SMILES string of the molecule is CC(=O)O.CC(=O)O.CC(=O)O.CC(=O)O.CC(=O)O.CC(=O)O.CC(=O)O.CC(=O)O.CC(=O)O.CC(=O)O.CC(=O)O.CC(=O)O.CC(=O)O.CC(=O)O.CC(=O)O.CC(=O)O.[Zr].[Zr].[Zr].[Zr]. The van der Waals surface area contributed by atoms with Gasteiger partial charge in [0.25, 0.3) is 95.5 Å². The van der Waals surface area contributed by atoms with Gasteiger partial charge in [0.2, 0.25) is 0 Å². The van der Waals surface area contributed by atoms with E-state index in [1.807, 2.05) is 0 Å². The van der Waals surface area contributed by atoms with E-state index in [0.29, 0.717) is 0 Å². The van der Waals surface area contributed by atoms with Crippen molar-refractivity contribution in [3.8, 4) is 0 Å². The summed E-state index contributed by atoms with van der Waals surface area (Å²) in [5.41, 5.74) is 0. The zero-order chi connectivity index (χ0) is 57.2. The Hall–Kier alpha value is -4.95. The van der Waals surface area contributed by atoms with E-state index in [9.17, 15) is 0 Å². The van der Waals surface area contributed by atoms with E-state index in [-0.39, 0.29) is 105 Å². The fourth-order valence-corrected chi connectivity index (χ4v) is 0. The van der Waals surface area contributed by atoms with E-state index in [1.54, 1.807) is 0 Å². The summed E-state index contributed by atoms with van der Waals surface area (Å²) in [7, 11) is 0. The molecule has 0 amide bonds. The maximum atomic E-state index is 9.00. The molecule has 0 heterocycles. The summed E-state index contributed by atoms with van der Waals surface area (Å²) in [5, 5.41) is 119. The van der Waals surface area contributed by atoms with Crippen LogP contribution in [0.25, 0.3) is 0 Å². The van der Waals surface area contributed by atoms with Gasteiger partial charge in [0.15, 0.2) is 0 Å². The average molecular weight is 1330 g/mol. The maximum Gasteiger partial charge on any atom is 0.300 e. The molecule has 0 aliphatic carbocycles. The van der Waals surface area contributed by atoms with Gasteiger partial charge in [0.05, 0.1) is 0 Å². The predicted octanol–water partition coefficient (Wildman–Crippen LogP) is 1.44. The van der Waals surface area contributed by atoms with Crippen molar-refractivity contribution in [3.63, 3.8) is 0 Å². The molecule has 0 spiro atoms. The summed E-state index contributed by atoms with van der Waals surface area (Å²) in [4.78, 5) is 144. The van der Waals surface area contributed by atoms with Crippen molar-refractivity contribution < 1.29 is 263 Å². The molecule has 0 aliphatic heterocycles. The Kier molecular flexibility index (Phi) is 240. The van der Waals surface area contributed by atoms with Gasteiger partial charge in [-0.3, -0.25) is 76.7 Å². The van der Waals surface area contributed by atoms with Gasteiger partial charge in [-0.25, -0.2) is 0 Å². The van der Waals surface area contributed by atoms with Crippen molar-refractivity contribution in [2.24, 2.45) is 0 Å². The van der Waals surface area contributed by atoms with E-state index >= 15 is 0 Å². The molecule has 0 aromatic heterocycles. The van der Waals surface area contributed by atoms with Crippen LogP contribution in [0.15, 0.2) is 0 Å². The molecule has 400 valence electrons. The smallest absolute Gasteiger partial charge is 0.300 e. The first-order valence-electron chi connectivity index (χ1n) is 14.8. The molecule has 0 fully saturated rings. The molecule has 32 nitrogen and oxygen atoms in total. The van der Waals surface area contributed by atoms with Gasteiger partial charge in [-0.05, 0) is 0 Å². The normalized spacial score (nSPS) is 5.88. The monoisotopic (exact) mass is 1320 g/mol. The molecule has 0 rings (SSSR count). The van der Waals surface area contributed by atoms with Crippen molar-refractivity contribution in [1.29, 1.82) is 0 Å². The van der Waals surface area contributed by atoms with Crippen LogP contribution < -0.4 is 0 Å². The molecular formula is C32H64O32Zr4. The predicted molar refractivity (Wildman–Crippen MR) is 213 cm³/mol. The molecule has 68 heavy (non-hydrogen) atoms. The second-order valence-electron chi connectivity index (χ2n) is 8.30. The summed E-state index contributed by atoms with van der Waals surface area (Å²) < 4.78 is 0. The largest absolute Gasteiger partial charge is 0.481 e. The Morgan fingerprint density at radius 1 is 0.132 bits per heavy atom. The van der Waals surface area contributed by atoms with E-state index in [2.05, 4.69) is 0 Å². The van der Waals surface area contributed by atoms with Crippen molar-refractivity contribution in [3.05, 3.63) is 0 Å². The first-order chi connectivity index (χ1) is 27.7. The third-order valence-electron chi connectivity index (χ3n) is 0. The maximum absolute atomic E-state index is 9.00. The fourth-order valence-electron chi connectivity index (χ4n) is 0. The third kappa shape index (κ3) is 8990. The molecular weight excluding hydrogens is 1260 g/mol. The van der Waals surface area contributed by atoms with Crippen LogP contribution in [-0.2, 0) is 182 Å². The minimum atomic E-state index is -0.833. The van der Waals surface area contributed by atoms with Crippen molar-refractivity contribution in [2.45, 2.75) is 111 Å². The van der Waals surface area contributed by atoms with Crippen LogP contribution in [0, 0.1) is 0 Å². The average Bonchev–Trinajstić information content (AvgIpc) is 2.83. The molecule has 16 N–H and O–H groups in total. The fraction of sp³-hybridized carbons (Fsp3) is 0.500. The van der Waals surface area contributed by atoms with E-state index < -0.39 is 95.5 Å². The Morgan fingerprint density at radius 2 is 0.132 bits per heavy atom. The zero-order valence-electron chi connectivity index (χ0n) is 39.7. The van der Waals surface area contributed by atoms with Gasteiger partial charge < -0.3 is 81.7 Å². The summed E-state index contributed by atoms with van der Waals surface area (Å²) in [6.07, 6.45) is 0. The Bertz CT molecular complexity index is 838. The van der Waals surface area contributed by atoms with Crippen LogP contribution in [0.1, 0.15) is 111 Å². The van der Waals surface area contributed by atoms with E-state index in [0.717, 1.165) is 111 Å². The number of rotatable bonds is 0.